The maximum atomic E-state index is 11.7. The second-order valence-corrected chi connectivity index (χ2v) is 4.63. The number of carbonyl (C=O) groups is 1. The molecule has 1 aliphatic carbocycles. The van der Waals surface area contributed by atoms with E-state index in [1.54, 1.807) is 12.1 Å². The van der Waals surface area contributed by atoms with Crippen LogP contribution in [0.3, 0.4) is 0 Å². The molecule has 0 saturated heterocycles. The van der Waals surface area contributed by atoms with Crippen LogP contribution in [0.1, 0.15) is 48.0 Å². The maximum absolute atomic E-state index is 11.7. The highest BCUT2D eigenvalue weighted by molar-refractivity contribution is 5.89. The Morgan fingerprint density at radius 2 is 1.78 bits per heavy atom. The van der Waals surface area contributed by atoms with E-state index in [4.69, 9.17) is 4.84 Å². The van der Waals surface area contributed by atoms with Gasteiger partial charge in [-0.05, 0) is 31.9 Å². The maximum Gasteiger partial charge on any atom is 0.287 e. The highest BCUT2D eigenvalue weighted by Crippen LogP contribution is 2.15. The summed E-state index contributed by atoms with van der Waals surface area (Å²) < 4.78 is 0. The summed E-state index contributed by atoms with van der Waals surface area (Å²) in [5, 5.41) is 11.7. The van der Waals surface area contributed by atoms with Gasteiger partial charge in [0.2, 0.25) is 5.71 Å². The molecule has 2 rings (SSSR count). The van der Waals surface area contributed by atoms with Crippen LogP contribution in [0.4, 0.5) is 0 Å². The Labute approximate surface area is 106 Å². The van der Waals surface area contributed by atoms with E-state index in [1.165, 1.54) is 0 Å². The zero-order chi connectivity index (χ0) is 13.0. The summed E-state index contributed by atoms with van der Waals surface area (Å²) in [6.45, 7) is 1.94. The molecule has 0 spiro atoms. The number of hydrogen-bond donors (Lipinski definition) is 0. The third kappa shape index (κ3) is 3.09. The summed E-state index contributed by atoms with van der Waals surface area (Å²) in [4.78, 5) is 17.0. The molecule has 0 aromatic heterocycles. The average molecular weight is 247 g/mol. The van der Waals surface area contributed by atoms with Crippen molar-refractivity contribution in [2.45, 2.75) is 39.0 Å². The van der Waals surface area contributed by atoms with E-state index in [0.717, 1.165) is 37.7 Å². The SMILES string of the molecule is Cc1ccc(C(=O)O[N+]([O-])=C2CCCCC2)cc1. The molecule has 96 valence electrons. The average Bonchev–Trinajstić information content (AvgIpc) is 2.40. The molecular formula is C14H17NO3. The van der Waals surface area contributed by atoms with Gasteiger partial charge in [-0.2, -0.15) is 0 Å². The van der Waals surface area contributed by atoms with Crippen molar-refractivity contribution in [2.75, 3.05) is 0 Å². The molecule has 4 heteroatoms. The molecule has 1 saturated carbocycles. The smallest absolute Gasteiger partial charge is 0.287 e. The van der Waals surface area contributed by atoms with Crippen LogP contribution in [-0.2, 0) is 4.84 Å². The van der Waals surface area contributed by atoms with Crippen molar-refractivity contribution in [3.05, 3.63) is 40.6 Å². The molecule has 0 amide bonds. The third-order valence-electron chi connectivity index (χ3n) is 3.14. The van der Waals surface area contributed by atoms with E-state index >= 15 is 0 Å². The van der Waals surface area contributed by atoms with Crippen molar-refractivity contribution in [3.63, 3.8) is 0 Å². The van der Waals surface area contributed by atoms with Crippen molar-refractivity contribution >= 4 is 11.7 Å². The fourth-order valence-corrected chi connectivity index (χ4v) is 2.02. The Hall–Kier alpha value is -1.84. The van der Waals surface area contributed by atoms with Crippen LogP contribution in [0.25, 0.3) is 0 Å². The molecule has 0 bridgehead atoms. The number of benzene rings is 1. The third-order valence-corrected chi connectivity index (χ3v) is 3.14. The van der Waals surface area contributed by atoms with Crippen LogP contribution in [0.15, 0.2) is 24.3 Å². The summed E-state index contributed by atoms with van der Waals surface area (Å²) in [7, 11) is 0. The van der Waals surface area contributed by atoms with Crippen molar-refractivity contribution in [3.8, 4) is 0 Å². The summed E-state index contributed by atoms with van der Waals surface area (Å²) in [6.07, 6.45) is 4.59. The Balaban J connectivity index is 2.04. The van der Waals surface area contributed by atoms with E-state index in [0.29, 0.717) is 16.2 Å². The number of carbonyl (C=O) groups excluding carboxylic acids is 1. The zero-order valence-electron chi connectivity index (χ0n) is 10.5. The molecule has 0 radical (unpaired) electrons. The van der Waals surface area contributed by atoms with Gasteiger partial charge in [0.05, 0.1) is 0 Å². The number of nitrogens with zero attached hydrogens (tertiary/aromatic N) is 1. The molecule has 1 aromatic carbocycles. The van der Waals surface area contributed by atoms with Crippen LogP contribution in [0, 0.1) is 12.1 Å². The second kappa shape index (κ2) is 5.67. The number of hydrogen-bond acceptors (Lipinski definition) is 3. The topological polar surface area (TPSA) is 52.4 Å². The van der Waals surface area contributed by atoms with E-state index in [2.05, 4.69) is 0 Å². The zero-order valence-corrected chi connectivity index (χ0v) is 10.5. The molecule has 0 N–H and O–H groups in total. The summed E-state index contributed by atoms with van der Waals surface area (Å²) in [5.41, 5.74) is 2.13. The normalized spacial score (nSPS) is 15.3. The monoisotopic (exact) mass is 247 g/mol. The molecule has 0 unspecified atom stereocenters. The van der Waals surface area contributed by atoms with Gasteiger partial charge < -0.3 is 4.84 Å². The molecule has 0 heterocycles. The minimum absolute atomic E-state index is 0.401. The van der Waals surface area contributed by atoms with E-state index < -0.39 is 5.97 Å². The highest BCUT2D eigenvalue weighted by Gasteiger charge is 2.18. The Bertz CT molecular complexity index is 454. The quantitative estimate of drug-likeness (QED) is 0.458. The lowest BCUT2D eigenvalue weighted by atomic mass is 9.99. The van der Waals surface area contributed by atoms with E-state index in [1.807, 2.05) is 19.1 Å². The minimum Gasteiger partial charge on any atom is -0.324 e. The van der Waals surface area contributed by atoms with Gasteiger partial charge in [0.1, 0.15) is 0 Å². The van der Waals surface area contributed by atoms with Gasteiger partial charge >= 0.3 is 0 Å². The molecule has 1 aliphatic rings. The molecular weight excluding hydrogens is 230 g/mol. The van der Waals surface area contributed by atoms with Gasteiger partial charge in [0, 0.05) is 23.3 Å². The predicted octanol–water partition coefficient (Wildman–Crippen LogP) is 2.98. The van der Waals surface area contributed by atoms with E-state index in [9.17, 15) is 10.0 Å². The molecule has 0 atom stereocenters. The first kappa shape index (κ1) is 12.6. The van der Waals surface area contributed by atoms with Crippen molar-refractivity contribution in [1.29, 1.82) is 0 Å². The summed E-state index contributed by atoms with van der Waals surface area (Å²) >= 11 is 0. The molecule has 18 heavy (non-hydrogen) atoms. The molecule has 0 aliphatic heterocycles. The standard InChI is InChI=1S/C14H17NO3/c1-11-7-9-12(10-8-11)14(16)18-15(17)13-5-3-2-4-6-13/h7-10H,2-6H2,1H3. The summed E-state index contributed by atoms with van der Waals surface area (Å²) in [6, 6.07) is 6.97. The van der Waals surface area contributed by atoms with Crippen molar-refractivity contribution < 1.29 is 14.5 Å². The van der Waals surface area contributed by atoms with Crippen LogP contribution < -0.4 is 0 Å². The van der Waals surface area contributed by atoms with Gasteiger partial charge in [-0.25, -0.2) is 0 Å². The summed E-state index contributed by atoms with van der Waals surface area (Å²) in [5.74, 6) is -0.594. The predicted molar refractivity (Wildman–Crippen MR) is 68.3 cm³/mol. The minimum atomic E-state index is -0.594. The first-order chi connectivity index (χ1) is 8.66. The van der Waals surface area contributed by atoms with Gasteiger partial charge in [0.25, 0.3) is 5.97 Å². The van der Waals surface area contributed by atoms with Gasteiger partial charge in [0.15, 0.2) is 0 Å². The van der Waals surface area contributed by atoms with Crippen LogP contribution in [-0.4, -0.2) is 16.6 Å². The lowest BCUT2D eigenvalue weighted by Crippen LogP contribution is -2.22. The molecule has 1 fully saturated rings. The van der Waals surface area contributed by atoms with Crippen molar-refractivity contribution in [2.24, 2.45) is 0 Å². The Kier molecular flexibility index (Phi) is 3.97. The van der Waals surface area contributed by atoms with Gasteiger partial charge in [-0.3, -0.25) is 10.0 Å². The van der Waals surface area contributed by atoms with Crippen LogP contribution in [0.2, 0.25) is 0 Å². The highest BCUT2D eigenvalue weighted by atomic mass is 16.9. The fraction of sp³-hybridized carbons (Fsp3) is 0.429. The molecule has 4 nitrogen and oxygen atoms in total. The van der Waals surface area contributed by atoms with Crippen LogP contribution in [0.5, 0.6) is 0 Å². The largest absolute Gasteiger partial charge is 0.324 e. The second-order valence-electron chi connectivity index (χ2n) is 4.63. The van der Waals surface area contributed by atoms with Crippen LogP contribution >= 0.6 is 0 Å². The number of aryl methyl sites for hydroxylation is 1. The molecule has 1 aromatic rings. The lowest BCUT2D eigenvalue weighted by molar-refractivity contribution is -0.711. The van der Waals surface area contributed by atoms with Gasteiger partial charge in [-0.1, -0.05) is 24.1 Å². The fourth-order valence-electron chi connectivity index (χ4n) is 2.02. The van der Waals surface area contributed by atoms with Gasteiger partial charge in [-0.15, -0.1) is 0 Å². The van der Waals surface area contributed by atoms with Crippen molar-refractivity contribution in [1.82, 2.24) is 0 Å². The van der Waals surface area contributed by atoms with E-state index in [-0.39, 0.29) is 0 Å². The number of rotatable bonds is 2. The Morgan fingerprint density at radius 1 is 1.17 bits per heavy atom. The lowest BCUT2D eigenvalue weighted by Gasteiger charge is -2.12. The first-order valence-electron chi connectivity index (χ1n) is 6.28. The Morgan fingerprint density at radius 3 is 2.39 bits per heavy atom. The first-order valence-corrected chi connectivity index (χ1v) is 6.28.